The third-order valence-electron chi connectivity index (χ3n) is 6.24. The van der Waals surface area contributed by atoms with Crippen LogP contribution >= 0.6 is 0 Å². The Morgan fingerprint density at radius 1 is 1.00 bits per heavy atom. The van der Waals surface area contributed by atoms with E-state index in [9.17, 15) is 14.7 Å². The molecular weight excluding hydrogens is 486 g/mol. The van der Waals surface area contributed by atoms with Crippen LogP contribution in [-0.2, 0) is 17.9 Å². The fourth-order valence-corrected chi connectivity index (χ4v) is 4.47. The van der Waals surface area contributed by atoms with Gasteiger partial charge in [-0.05, 0) is 61.4 Å². The minimum atomic E-state index is -0.909. The van der Waals surface area contributed by atoms with Crippen LogP contribution in [0.2, 0.25) is 0 Å². The number of benzene rings is 2. The summed E-state index contributed by atoms with van der Waals surface area (Å²) in [5, 5.41) is 10.9. The summed E-state index contributed by atoms with van der Waals surface area (Å²) >= 11 is 0. The maximum Gasteiger partial charge on any atom is 0.290 e. The van der Waals surface area contributed by atoms with E-state index in [0.717, 1.165) is 5.56 Å². The van der Waals surface area contributed by atoms with Crippen LogP contribution in [0, 0.1) is 6.92 Å². The topological polar surface area (TPSA) is 102 Å². The molecule has 38 heavy (non-hydrogen) atoms. The molecule has 2 aromatic carbocycles. The van der Waals surface area contributed by atoms with Crippen molar-refractivity contribution >= 4 is 11.7 Å². The lowest BCUT2D eigenvalue weighted by Gasteiger charge is -2.26. The number of hydrogen-bond donors (Lipinski definition) is 1. The van der Waals surface area contributed by atoms with Crippen LogP contribution in [0.1, 0.15) is 46.2 Å². The molecule has 1 aliphatic heterocycles. The average Bonchev–Trinajstić information content (AvgIpc) is 3.66. The Labute approximate surface area is 219 Å². The fourth-order valence-electron chi connectivity index (χ4n) is 4.47. The van der Waals surface area contributed by atoms with Crippen molar-refractivity contribution in [2.24, 2.45) is 0 Å². The number of carbonyl (C=O) groups excluding carboxylic acids is 2. The van der Waals surface area contributed by atoms with E-state index in [0.29, 0.717) is 41.8 Å². The van der Waals surface area contributed by atoms with Crippen LogP contribution < -0.4 is 9.47 Å². The predicted octanol–water partition coefficient (Wildman–Crippen LogP) is 5.94. The molecule has 2 aromatic heterocycles. The predicted molar refractivity (Wildman–Crippen MR) is 138 cm³/mol. The van der Waals surface area contributed by atoms with Crippen LogP contribution in [0.5, 0.6) is 11.5 Å². The lowest BCUT2D eigenvalue weighted by atomic mass is 9.94. The molecule has 0 fully saturated rings. The number of furan rings is 2. The number of aliphatic hydroxyl groups excluding tert-OH is 1. The van der Waals surface area contributed by atoms with Gasteiger partial charge in [0, 0.05) is 0 Å². The van der Waals surface area contributed by atoms with E-state index in [2.05, 4.69) is 0 Å². The molecule has 8 nitrogen and oxygen atoms in total. The molecule has 0 spiro atoms. The zero-order valence-electron chi connectivity index (χ0n) is 21.0. The molecule has 4 aromatic rings. The normalized spacial score (nSPS) is 15.3. The zero-order chi connectivity index (χ0) is 26.6. The number of carbonyl (C=O) groups is 2. The summed E-state index contributed by atoms with van der Waals surface area (Å²) in [6.07, 6.45) is 1.50. The quantitative estimate of drug-likeness (QED) is 0.262. The molecule has 0 saturated carbocycles. The first-order chi connectivity index (χ1) is 18.5. The summed E-state index contributed by atoms with van der Waals surface area (Å²) in [4.78, 5) is 28.2. The van der Waals surface area contributed by atoms with Crippen molar-refractivity contribution in [3.63, 3.8) is 0 Å². The standard InChI is InChI=1S/C30H27NO7/c1-3-35-25-16-21(12-14-23(25)37-18-20-8-5-4-6-9-20)27-26(28(32)24-13-11-19(2)38-24)29(33)30(34)31(27)17-22-10-7-15-36-22/h4-16,27,33H,3,17-18H2,1-2H3. The molecule has 1 unspecified atom stereocenters. The van der Waals surface area contributed by atoms with E-state index < -0.39 is 23.5 Å². The number of hydrogen-bond acceptors (Lipinski definition) is 7. The van der Waals surface area contributed by atoms with Gasteiger partial charge in [-0.25, -0.2) is 0 Å². The molecule has 5 rings (SSSR count). The van der Waals surface area contributed by atoms with Gasteiger partial charge in [0.1, 0.15) is 18.1 Å². The minimum absolute atomic E-state index is 0.0366. The Morgan fingerprint density at radius 2 is 1.82 bits per heavy atom. The molecule has 1 aliphatic rings. The highest BCUT2D eigenvalue weighted by molar-refractivity contribution is 6.15. The Balaban J connectivity index is 1.53. The number of amides is 1. The van der Waals surface area contributed by atoms with E-state index in [1.807, 2.05) is 37.3 Å². The van der Waals surface area contributed by atoms with Crippen molar-refractivity contribution in [3.8, 4) is 11.5 Å². The van der Waals surface area contributed by atoms with Crippen molar-refractivity contribution in [2.45, 2.75) is 33.0 Å². The van der Waals surface area contributed by atoms with Gasteiger partial charge in [-0.3, -0.25) is 9.59 Å². The molecule has 0 radical (unpaired) electrons. The summed E-state index contributed by atoms with van der Waals surface area (Å²) in [5.74, 6) is 0.186. The van der Waals surface area contributed by atoms with Gasteiger partial charge in [0.15, 0.2) is 23.0 Å². The van der Waals surface area contributed by atoms with Crippen molar-refractivity contribution < 1.29 is 33.0 Å². The van der Waals surface area contributed by atoms with Gasteiger partial charge < -0.3 is 28.3 Å². The lowest BCUT2D eigenvalue weighted by Crippen LogP contribution is -2.30. The average molecular weight is 514 g/mol. The van der Waals surface area contributed by atoms with Crippen molar-refractivity contribution in [2.75, 3.05) is 6.61 Å². The maximum atomic E-state index is 13.5. The molecule has 0 aliphatic carbocycles. The van der Waals surface area contributed by atoms with Crippen molar-refractivity contribution in [1.29, 1.82) is 0 Å². The first kappa shape index (κ1) is 25.0. The van der Waals surface area contributed by atoms with Gasteiger partial charge in [-0.1, -0.05) is 36.4 Å². The summed E-state index contributed by atoms with van der Waals surface area (Å²) in [6.45, 7) is 4.34. The fraction of sp³-hybridized carbons (Fsp3) is 0.200. The molecule has 0 bridgehead atoms. The smallest absolute Gasteiger partial charge is 0.290 e. The number of aliphatic hydroxyl groups is 1. The van der Waals surface area contributed by atoms with Crippen molar-refractivity contribution in [3.05, 3.63) is 119 Å². The van der Waals surface area contributed by atoms with E-state index in [4.69, 9.17) is 18.3 Å². The summed E-state index contributed by atoms with van der Waals surface area (Å²) in [6, 6.07) is 20.7. The number of Topliss-reactive ketones (excluding diaryl/α,β-unsaturated/α-hetero) is 1. The first-order valence-electron chi connectivity index (χ1n) is 12.3. The van der Waals surface area contributed by atoms with Gasteiger partial charge >= 0.3 is 0 Å². The highest BCUT2D eigenvalue weighted by atomic mass is 16.5. The minimum Gasteiger partial charge on any atom is -0.503 e. The second kappa shape index (κ2) is 10.7. The number of aryl methyl sites for hydroxylation is 1. The highest BCUT2D eigenvalue weighted by Gasteiger charge is 2.45. The Morgan fingerprint density at radius 3 is 2.50 bits per heavy atom. The Hall–Kier alpha value is -4.72. The van der Waals surface area contributed by atoms with Gasteiger partial charge in [0.2, 0.25) is 5.78 Å². The van der Waals surface area contributed by atoms with Crippen LogP contribution in [0.3, 0.4) is 0 Å². The SMILES string of the molecule is CCOc1cc(C2C(C(=O)c3ccc(C)o3)=C(O)C(=O)N2Cc2ccco2)ccc1OCc1ccccc1. The molecular formula is C30H27NO7. The second-order valence-electron chi connectivity index (χ2n) is 8.83. The van der Waals surface area contributed by atoms with Crippen molar-refractivity contribution in [1.82, 2.24) is 4.90 Å². The largest absolute Gasteiger partial charge is 0.503 e. The van der Waals surface area contributed by atoms with Gasteiger partial charge in [-0.2, -0.15) is 0 Å². The molecule has 194 valence electrons. The van der Waals surface area contributed by atoms with Gasteiger partial charge in [0.25, 0.3) is 5.91 Å². The van der Waals surface area contributed by atoms with E-state index >= 15 is 0 Å². The van der Waals surface area contributed by atoms with Crippen LogP contribution in [-0.4, -0.2) is 28.3 Å². The number of rotatable bonds is 10. The van der Waals surface area contributed by atoms with E-state index in [1.165, 1.54) is 17.2 Å². The Kier molecular flexibility index (Phi) is 7.04. The number of nitrogens with zero attached hydrogens (tertiary/aromatic N) is 1. The lowest BCUT2D eigenvalue weighted by molar-refractivity contribution is -0.130. The second-order valence-corrected chi connectivity index (χ2v) is 8.83. The third-order valence-corrected chi connectivity index (χ3v) is 6.24. The monoisotopic (exact) mass is 513 g/mol. The summed E-state index contributed by atoms with van der Waals surface area (Å²) in [7, 11) is 0. The third kappa shape index (κ3) is 4.93. The highest BCUT2D eigenvalue weighted by Crippen LogP contribution is 2.42. The van der Waals surface area contributed by atoms with Gasteiger partial charge in [-0.15, -0.1) is 0 Å². The molecule has 1 N–H and O–H groups in total. The molecule has 1 amide bonds. The van der Waals surface area contributed by atoms with Crippen LogP contribution in [0.25, 0.3) is 0 Å². The molecule has 8 heteroatoms. The van der Waals surface area contributed by atoms with Crippen LogP contribution in [0.4, 0.5) is 0 Å². The maximum absolute atomic E-state index is 13.5. The molecule has 1 atom stereocenters. The van der Waals surface area contributed by atoms with E-state index in [1.54, 1.807) is 43.3 Å². The summed E-state index contributed by atoms with van der Waals surface area (Å²) in [5.41, 5.74) is 1.49. The van der Waals surface area contributed by atoms with Crippen LogP contribution in [0.15, 0.2) is 99.2 Å². The molecule has 0 saturated heterocycles. The van der Waals surface area contributed by atoms with Gasteiger partial charge in [0.05, 0.1) is 31.0 Å². The number of ketones is 1. The Bertz CT molecular complexity index is 1470. The first-order valence-corrected chi connectivity index (χ1v) is 12.3. The summed E-state index contributed by atoms with van der Waals surface area (Å²) < 4.78 is 22.9. The zero-order valence-corrected chi connectivity index (χ0v) is 21.0. The molecule has 3 heterocycles. The van der Waals surface area contributed by atoms with E-state index in [-0.39, 0.29) is 17.9 Å². The number of ether oxygens (including phenoxy) is 2.